The van der Waals surface area contributed by atoms with Crippen molar-refractivity contribution in [1.29, 1.82) is 0 Å². The number of aromatic hydroxyl groups is 1. The summed E-state index contributed by atoms with van der Waals surface area (Å²) in [5.41, 5.74) is -2.00. The second-order valence-corrected chi connectivity index (χ2v) is 10.3. The van der Waals surface area contributed by atoms with Crippen molar-refractivity contribution in [3.05, 3.63) is 29.8 Å². The number of anilines is 1. The lowest BCUT2D eigenvalue weighted by atomic mass is 9.51. The fourth-order valence-corrected chi connectivity index (χ4v) is 7.08. The Bertz CT molecular complexity index is 1080. The fourth-order valence-electron chi connectivity index (χ4n) is 7.08. The van der Waals surface area contributed by atoms with E-state index >= 15 is 0 Å². The maximum atomic E-state index is 13.1. The van der Waals surface area contributed by atoms with Crippen LogP contribution >= 0.6 is 0 Å². The largest absolute Gasteiger partial charge is 0.870 e. The predicted octanol–water partition coefficient (Wildman–Crippen LogP) is 2.60. The minimum atomic E-state index is -1.44. The number of benzene rings is 1. The second kappa shape index (κ2) is 6.57. The molecule has 6 rings (SSSR count). The van der Waals surface area contributed by atoms with Gasteiger partial charge in [0.2, 0.25) is 5.91 Å². The number of ether oxygens (including phenoxy) is 1. The molecule has 4 bridgehead atoms. The molecule has 32 heavy (non-hydrogen) atoms. The molecule has 4 fully saturated rings. The van der Waals surface area contributed by atoms with Crippen LogP contribution in [-0.4, -0.2) is 39.6 Å². The van der Waals surface area contributed by atoms with Gasteiger partial charge in [-0.25, -0.2) is 4.79 Å². The number of phenolic OH excluding ortho intramolecular Hbond substituents is 1. The van der Waals surface area contributed by atoms with Crippen molar-refractivity contribution < 1.29 is 34.4 Å². The molecule has 6 atom stereocenters. The third-order valence-corrected chi connectivity index (χ3v) is 8.42. The minimum absolute atomic E-state index is 0.00839. The van der Waals surface area contributed by atoms with Gasteiger partial charge in [0.05, 0.1) is 23.0 Å². The summed E-state index contributed by atoms with van der Waals surface area (Å²) in [6.07, 6.45) is 6.75. The molecule has 2 heterocycles. The maximum absolute atomic E-state index is 13.1. The van der Waals surface area contributed by atoms with Gasteiger partial charge in [-0.3, -0.25) is 9.59 Å². The lowest BCUT2D eigenvalue weighted by molar-refractivity contribution is -0.267. The third kappa shape index (κ3) is 2.75. The summed E-state index contributed by atoms with van der Waals surface area (Å²) in [4.78, 5) is 36.9. The topological polar surface area (TPSA) is 136 Å². The Hall–Kier alpha value is -2.87. The summed E-state index contributed by atoms with van der Waals surface area (Å²) in [6, 6.07) is 2.05. The molecular formula is C24H26NO7-. The molecule has 1 aromatic carbocycles. The van der Waals surface area contributed by atoms with Crippen molar-refractivity contribution in [2.24, 2.45) is 22.7 Å². The molecule has 3 N–H and O–H groups in total. The molecule has 8 nitrogen and oxygen atoms in total. The van der Waals surface area contributed by atoms with Crippen molar-refractivity contribution in [2.45, 2.75) is 57.7 Å². The molecule has 8 heteroatoms. The maximum Gasteiger partial charge on any atom is 0.335 e. The quantitative estimate of drug-likeness (QED) is 0.599. The van der Waals surface area contributed by atoms with Gasteiger partial charge in [0.25, 0.3) is 0 Å². The zero-order valence-corrected chi connectivity index (χ0v) is 18.0. The zero-order chi connectivity index (χ0) is 23.1. The van der Waals surface area contributed by atoms with E-state index in [9.17, 15) is 24.6 Å². The van der Waals surface area contributed by atoms with E-state index in [0.717, 1.165) is 31.4 Å². The van der Waals surface area contributed by atoms with E-state index in [-0.39, 0.29) is 41.7 Å². The molecule has 5 aliphatic rings. The SMILES string of the molecule is C[C@]12C[C@@]34C=CC(=O)[C@@](C)(CCC(=O)Nc5c(O)ccc(C(=O)O)c5[O-])[C@@H]3[C@H](C[C@@H]1C4)O2. The molecule has 2 saturated heterocycles. The van der Waals surface area contributed by atoms with Crippen molar-refractivity contribution in [3.63, 3.8) is 0 Å². The number of allylic oxidation sites excluding steroid dienone is 2. The number of hydrogen-bond donors (Lipinski definition) is 3. The van der Waals surface area contributed by atoms with E-state index in [0.29, 0.717) is 5.92 Å². The van der Waals surface area contributed by atoms with Crippen LogP contribution in [0, 0.1) is 22.7 Å². The minimum Gasteiger partial charge on any atom is -0.870 e. The summed E-state index contributed by atoms with van der Waals surface area (Å²) < 4.78 is 6.40. The summed E-state index contributed by atoms with van der Waals surface area (Å²) in [6.45, 7) is 4.06. The number of nitrogens with one attached hydrogen (secondary N) is 1. The van der Waals surface area contributed by atoms with Crippen LogP contribution in [-0.2, 0) is 14.3 Å². The van der Waals surface area contributed by atoms with E-state index in [2.05, 4.69) is 18.3 Å². The number of rotatable bonds is 5. The third-order valence-electron chi connectivity index (χ3n) is 8.42. The van der Waals surface area contributed by atoms with Gasteiger partial charge < -0.3 is 25.4 Å². The second-order valence-electron chi connectivity index (χ2n) is 10.3. The molecule has 0 radical (unpaired) electrons. The van der Waals surface area contributed by atoms with Crippen molar-refractivity contribution >= 4 is 23.3 Å². The highest BCUT2D eigenvalue weighted by molar-refractivity contribution is 6.00. The number of carbonyl (C=O) groups is 3. The highest BCUT2D eigenvalue weighted by Gasteiger charge is 2.71. The molecule has 2 saturated carbocycles. The Morgan fingerprint density at radius 2 is 2.06 bits per heavy atom. The molecule has 1 spiro atoms. The molecular weight excluding hydrogens is 414 g/mol. The number of amides is 1. The number of ketones is 1. The summed E-state index contributed by atoms with van der Waals surface area (Å²) in [5, 5.41) is 33.7. The average Bonchev–Trinajstić information content (AvgIpc) is 3.08. The van der Waals surface area contributed by atoms with Gasteiger partial charge in [0.15, 0.2) is 5.78 Å². The Morgan fingerprint density at radius 3 is 2.75 bits per heavy atom. The smallest absolute Gasteiger partial charge is 0.335 e. The number of carbonyl (C=O) groups excluding carboxylic acids is 2. The van der Waals surface area contributed by atoms with Gasteiger partial charge in [0.1, 0.15) is 5.75 Å². The first-order valence-electron chi connectivity index (χ1n) is 11.0. The van der Waals surface area contributed by atoms with Gasteiger partial charge in [-0.15, -0.1) is 0 Å². The highest BCUT2D eigenvalue weighted by Crippen LogP contribution is 2.71. The number of carboxylic acid groups (broad SMARTS) is 1. The van der Waals surface area contributed by atoms with Crippen LogP contribution in [0.15, 0.2) is 24.3 Å². The van der Waals surface area contributed by atoms with Crippen LogP contribution in [0.2, 0.25) is 0 Å². The zero-order valence-electron chi connectivity index (χ0n) is 18.0. The van der Waals surface area contributed by atoms with E-state index in [1.54, 1.807) is 6.08 Å². The lowest BCUT2D eigenvalue weighted by Gasteiger charge is -2.55. The number of carboxylic acids is 1. The average molecular weight is 440 g/mol. The first kappa shape index (κ1) is 21.0. The van der Waals surface area contributed by atoms with Crippen LogP contribution in [0.25, 0.3) is 0 Å². The Morgan fingerprint density at radius 1 is 1.31 bits per heavy atom. The van der Waals surface area contributed by atoms with E-state index in [4.69, 9.17) is 9.84 Å². The van der Waals surface area contributed by atoms with Gasteiger partial charge in [-0.1, -0.05) is 18.7 Å². The van der Waals surface area contributed by atoms with Crippen LogP contribution in [0.3, 0.4) is 0 Å². The van der Waals surface area contributed by atoms with Crippen LogP contribution < -0.4 is 10.4 Å². The number of phenols is 1. The summed E-state index contributed by atoms with van der Waals surface area (Å²) in [7, 11) is 0. The summed E-state index contributed by atoms with van der Waals surface area (Å²) >= 11 is 0. The van der Waals surface area contributed by atoms with Gasteiger partial charge >= 0.3 is 5.97 Å². The molecule has 1 amide bonds. The van der Waals surface area contributed by atoms with Crippen molar-refractivity contribution in [2.75, 3.05) is 5.32 Å². The Balaban J connectivity index is 1.36. The molecule has 170 valence electrons. The fraction of sp³-hybridized carbons (Fsp3) is 0.542. The number of hydrogen-bond acceptors (Lipinski definition) is 6. The monoisotopic (exact) mass is 440 g/mol. The molecule has 1 aromatic rings. The Labute approximate surface area is 185 Å². The molecule has 0 unspecified atom stereocenters. The normalized spacial score (nSPS) is 38.7. The lowest BCUT2D eigenvalue weighted by Crippen LogP contribution is -2.56. The summed E-state index contributed by atoms with van der Waals surface area (Å²) in [5.74, 6) is -3.00. The first-order valence-corrected chi connectivity index (χ1v) is 11.0. The predicted molar refractivity (Wildman–Crippen MR) is 111 cm³/mol. The van der Waals surface area contributed by atoms with Gasteiger partial charge in [-0.2, -0.15) is 0 Å². The van der Waals surface area contributed by atoms with Crippen LogP contribution in [0.4, 0.5) is 5.69 Å². The van der Waals surface area contributed by atoms with Crippen LogP contribution in [0.1, 0.15) is 56.3 Å². The van der Waals surface area contributed by atoms with E-state index in [1.165, 1.54) is 0 Å². The first-order chi connectivity index (χ1) is 15.0. The Kier molecular flexibility index (Phi) is 4.31. The molecule has 2 aliphatic heterocycles. The van der Waals surface area contributed by atoms with Gasteiger partial charge in [0, 0.05) is 17.8 Å². The highest BCUT2D eigenvalue weighted by atomic mass is 16.5. The standard InChI is InChI=1S/C24H27NO7/c1-22(7-6-17(28)25-18-14(26)4-3-13(19(18)29)21(30)31)16(27)5-8-24-10-12-9-15(20(22)24)32-23(12,2)11-24/h3-5,8,12,15,20,26,29H,6-7,9-11H2,1-2H3,(H,25,28)(H,30,31)/p-1/t12-,15+,20+,22-,23+,24+/m1/s1. The van der Waals surface area contributed by atoms with Crippen LogP contribution in [0.5, 0.6) is 11.5 Å². The van der Waals surface area contributed by atoms with Crippen molar-refractivity contribution in [1.82, 2.24) is 0 Å². The van der Waals surface area contributed by atoms with Gasteiger partial charge in [-0.05, 0) is 62.1 Å². The molecule has 0 aromatic heterocycles. The molecule has 3 aliphatic carbocycles. The van der Waals surface area contributed by atoms with Crippen molar-refractivity contribution in [3.8, 4) is 11.5 Å². The van der Waals surface area contributed by atoms with E-state index in [1.807, 2.05) is 6.92 Å². The number of aromatic carboxylic acids is 1. The van der Waals surface area contributed by atoms with E-state index < -0.39 is 40.0 Å².